The van der Waals surface area contributed by atoms with Crippen LogP contribution in [0.2, 0.25) is 10.0 Å². The van der Waals surface area contributed by atoms with Gasteiger partial charge in [0.25, 0.3) is 0 Å². The first kappa shape index (κ1) is 22.1. The van der Waals surface area contributed by atoms with Crippen LogP contribution in [0.1, 0.15) is 25.0 Å². The summed E-state index contributed by atoms with van der Waals surface area (Å²) in [6, 6.07) is 15.3. The first-order valence-corrected chi connectivity index (χ1v) is 12.5. The Morgan fingerprint density at radius 1 is 0.645 bits per heavy atom. The molecule has 31 heavy (non-hydrogen) atoms. The lowest BCUT2D eigenvalue weighted by Gasteiger charge is -2.31. The summed E-state index contributed by atoms with van der Waals surface area (Å²) in [5.41, 5.74) is 1.03. The van der Waals surface area contributed by atoms with Crippen molar-refractivity contribution in [2.24, 2.45) is 0 Å². The highest BCUT2D eigenvalue weighted by atomic mass is 35.5. The number of benzene rings is 2. The average molecular weight is 471 g/mol. The quantitative estimate of drug-likeness (QED) is 0.470. The monoisotopic (exact) mass is 470 g/mol. The van der Waals surface area contributed by atoms with Crippen LogP contribution in [-0.2, 0) is 20.7 Å². The molecule has 0 N–H and O–H groups in total. The molecule has 2 aromatic rings. The Labute approximate surface area is 194 Å². The maximum atomic E-state index is 13.3. The lowest BCUT2D eigenvalue weighted by molar-refractivity contribution is 0.589. The smallest absolute Gasteiger partial charge is 0.170 e. The van der Waals surface area contributed by atoms with E-state index in [0.29, 0.717) is 10.0 Å². The maximum Gasteiger partial charge on any atom is 0.170 e. The van der Waals surface area contributed by atoms with Crippen LogP contribution in [-0.4, -0.2) is 18.9 Å². The lowest BCUT2D eigenvalue weighted by atomic mass is 9.79. The Morgan fingerprint density at radius 2 is 0.968 bits per heavy atom. The largest absolute Gasteiger partial charge is 0.227 e. The normalized spacial score (nSPS) is 29.9. The zero-order valence-electron chi connectivity index (χ0n) is 17.4. The second kappa shape index (κ2) is 8.12. The second-order valence-electron chi connectivity index (χ2n) is 8.48. The van der Waals surface area contributed by atoms with E-state index in [2.05, 4.69) is 0 Å². The molecule has 2 aliphatic carbocycles. The molecule has 5 heteroatoms. The third-order valence-electron chi connectivity index (χ3n) is 6.20. The van der Waals surface area contributed by atoms with Crippen LogP contribution in [0.4, 0.5) is 0 Å². The molecule has 0 saturated heterocycles. The number of hydrogen-bond donors (Lipinski definition) is 0. The van der Waals surface area contributed by atoms with E-state index in [1.165, 1.54) is 0 Å². The Kier molecular flexibility index (Phi) is 5.80. The molecule has 0 bridgehead atoms. The number of allylic oxidation sites excluding steroid dienone is 4. The second-order valence-corrected chi connectivity index (χ2v) is 11.6. The molecular formula is C26H24Cl2O2S. The molecule has 0 fully saturated rings. The van der Waals surface area contributed by atoms with Crippen LogP contribution in [0.25, 0.3) is 0 Å². The van der Waals surface area contributed by atoms with E-state index in [4.69, 9.17) is 23.2 Å². The van der Waals surface area contributed by atoms with Crippen molar-refractivity contribution in [3.8, 4) is 0 Å². The molecule has 0 aliphatic heterocycles. The summed E-state index contributed by atoms with van der Waals surface area (Å²) in [6.45, 7) is 4.05. The fraction of sp³-hybridized carbons (Fsp3) is 0.231. The van der Waals surface area contributed by atoms with Crippen LogP contribution in [0.5, 0.6) is 0 Å². The van der Waals surface area contributed by atoms with Crippen molar-refractivity contribution in [3.05, 3.63) is 118 Å². The molecule has 160 valence electrons. The van der Waals surface area contributed by atoms with E-state index in [9.17, 15) is 8.42 Å². The predicted molar refractivity (Wildman–Crippen MR) is 131 cm³/mol. The van der Waals surface area contributed by atoms with Crippen molar-refractivity contribution in [2.75, 3.05) is 0 Å². The molecule has 0 atom stereocenters. The van der Waals surface area contributed by atoms with Gasteiger partial charge in [-0.15, -0.1) is 0 Å². The fourth-order valence-electron chi connectivity index (χ4n) is 4.19. The highest BCUT2D eigenvalue weighted by Gasteiger charge is 2.36. The van der Waals surface area contributed by atoms with Gasteiger partial charge in [0.2, 0.25) is 0 Å². The minimum atomic E-state index is -3.48. The SMILES string of the molecule is CC1(c2ccccc2Cl)C=CC(S(=O)(=O)C2C=CC(C)(c3ccccc3Cl)C=C2)C=C1. The zero-order valence-corrected chi connectivity index (χ0v) is 19.7. The summed E-state index contributed by atoms with van der Waals surface area (Å²) >= 11 is 12.7. The van der Waals surface area contributed by atoms with Crippen LogP contribution in [0, 0.1) is 0 Å². The summed E-state index contributed by atoms with van der Waals surface area (Å²) in [5.74, 6) is 0. The van der Waals surface area contributed by atoms with E-state index < -0.39 is 31.2 Å². The standard InChI is InChI=1S/C26H24Cl2O2S/c1-25(21-7-3-5-9-23(21)27)15-11-19(12-16-25)31(29,30)20-13-17-26(2,18-14-20)22-8-4-6-10-24(22)28/h3-20H,1-2H3. The van der Waals surface area contributed by atoms with Crippen LogP contribution < -0.4 is 0 Å². The lowest BCUT2D eigenvalue weighted by Crippen LogP contribution is -2.33. The van der Waals surface area contributed by atoms with E-state index in [1.54, 1.807) is 24.3 Å². The predicted octanol–water partition coefficient (Wildman–Crippen LogP) is 6.61. The molecule has 0 saturated carbocycles. The summed E-state index contributed by atoms with van der Waals surface area (Å²) in [6.07, 6.45) is 14.8. The maximum absolute atomic E-state index is 13.3. The van der Waals surface area contributed by atoms with Gasteiger partial charge >= 0.3 is 0 Å². The number of rotatable bonds is 4. The van der Waals surface area contributed by atoms with Gasteiger partial charge in [-0.2, -0.15) is 0 Å². The summed E-state index contributed by atoms with van der Waals surface area (Å²) in [4.78, 5) is 0. The topological polar surface area (TPSA) is 34.1 Å². The Hall–Kier alpha value is -2.07. The molecule has 2 aliphatic rings. The van der Waals surface area contributed by atoms with Gasteiger partial charge in [0.1, 0.15) is 0 Å². The van der Waals surface area contributed by atoms with Gasteiger partial charge in [-0.1, -0.05) is 108 Å². The molecular weight excluding hydrogens is 447 g/mol. The Balaban J connectivity index is 1.56. The number of halogens is 2. The third kappa shape index (κ3) is 4.07. The van der Waals surface area contributed by atoms with E-state index in [-0.39, 0.29) is 0 Å². The van der Waals surface area contributed by atoms with Gasteiger partial charge in [-0.3, -0.25) is 0 Å². The number of hydrogen-bond acceptors (Lipinski definition) is 2. The molecule has 0 unspecified atom stereocenters. The van der Waals surface area contributed by atoms with Gasteiger partial charge in [0.05, 0.1) is 10.5 Å². The molecule has 0 amide bonds. The van der Waals surface area contributed by atoms with E-state index in [1.807, 2.05) is 86.7 Å². The summed E-state index contributed by atoms with van der Waals surface area (Å²) in [5, 5.41) is -0.0470. The highest BCUT2D eigenvalue weighted by molar-refractivity contribution is 7.93. The van der Waals surface area contributed by atoms with Crippen molar-refractivity contribution in [2.45, 2.75) is 35.2 Å². The summed E-state index contributed by atoms with van der Waals surface area (Å²) < 4.78 is 26.6. The first-order chi connectivity index (χ1) is 14.7. The third-order valence-corrected chi connectivity index (χ3v) is 9.00. The van der Waals surface area contributed by atoms with Crippen molar-refractivity contribution in [1.29, 1.82) is 0 Å². The van der Waals surface area contributed by atoms with E-state index >= 15 is 0 Å². The Morgan fingerprint density at radius 3 is 1.29 bits per heavy atom. The Bertz CT molecular complexity index is 1100. The molecule has 4 rings (SSSR count). The van der Waals surface area contributed by atoms with Crippen LogP contribution in [0.3, 0.4) is 0 Å². The van der Waals surface area contributed by atoms with Gasteiger partial charge in [0, 0.05) is 20.9 Å². The van der Waals surface area contributed by atoms with Crippen molar-refractivity contribution < 1.29 is 8.42 Å². The van der Waals surface area contributed by atoms with Crippen molar-refractivity contribution in [3.63, 3.8) is 0 Å². The van der Waals surface area contributed by atoms with Gasteiger partial charge < -0.3 is 0 Å². The van der Waals surface area contributed by atoms with Crippen molar-refractivity contribution in [1.82, 2.24) is 0 Å². The van der Waals surface area contributed by atoms with E-state index in [0.717, 1.165) is 11.1 Å². The molecule has 2 nitrogen and oxygen atoms in total. The van der Waals surface area contributed by atoms with Crippen LogP contribution >= 0.6 is 23.2 Å². The molecule has 0 heterocycles. The minimum absolute atomic E-state index is 0.439. The zero-order chi connectivity index (χ0) is 22.3. The summed E-state index contributed by atoms with van der Waals surface area (Å²) in [7, 11) is -3.48. The van der Waals surface area contributed by atoms with Crippen LogP contribution in [0.15, 0.2) is 97.1 Å². The molecule has 0 aromatic heterocycles. The average Bonchev–Trinajstić information content (AvgIpc) is 2.75. The highest BCUT2D eigenvalue weighted by Crippen LogP contribution is 2.38. The van der Waals surface area contributed by atoms with Crippen molar-refractivity contribution >= 4 is 33.0 Å². The minimum Gasteiger partial charge on any atom is -0.227 e. The molecule has 2 aromatic carbocycles. The fourth-order valence-corrected chi connectivity index (χ4v) is 6.42. The molecule has 0 radical (unpaired) electrons. The first-order valence-electron chi connectivity index (χ1n) is 10.2. The van der Waals surface area contributed by atoms with Gasteiger partial charge in [-0.05, 0) is 37.1 Å². The number of sulfone groups is 1. The van der Waals surface area contributed by atoms with Gasteiger partial charge in [0.15, 0.2) is 9.84 Å². The van der Waals surface area contributed by atoms with Gasteiger partial charge in [-0.25, -0.2) is 8.42 Å². The molecule has 0 spiro atoms.